The van der Waals surface area contributed by atoms with E-state index in [0.29, 0.717) is 11.3 Å². The number of esters is 1. The molecule has 0 saturated carbocycles. The second-order valence-electron chi connectivity index (χ2n) is 5.62. The fourth-order valence-electron chi connectivity index (χ4n) is 2.56. The summed E-state index contributed by atoms with van der Waals surface area (Å²) in [6, 6.07) is 3.40. The summed E-state index contributed by atoms with van der Waals surface area (Å²) < 4.78 is 7.79. The molecule has 0 saturated heterocycles. The van der Waals surface area contributed by atoms with E-state index in [-0.39, 0.29) is 12.4 Å². The molecule has 3 heterocycles. The number of halogens is 1. The van der Waals surface area contributed by atoms with Crippen LogP contribution in [0.3, 0.4) is 0 Å². The van der Waals surface area contributed by atoms with Gasteiger partial charge < -0.3 is 9.72 Å². The first-order valence-electron chi connectivity index (χ1n) is 7.52. The van der Waals surface area contributed by atoms with Gasteiger partial charge >= 0.3 is 5.97 Å². The van der Waals surface area contributed by atoms with Crippen LogP contribution in [-0.2, 0) is 4.74 Å². The number of thiazole rings is 1. The molecule has 3 rings (SSSR count). The molecule has 3 aromatic rings. The number of H-pyrrole nitrogens is 1. The fourth-order valence-corrected chi connectivity index (χ4v) is 3.81. The average molecular weight is 422 g/mol. The van der Waals surface area contributed by atoms with E-state index in [9.17, 15) is 9.59 Å². The minimum absolute atomic E-state index is 0.244. The first-order valence-corrected chi connectivity index (χ1v) is 9.19. The number of nitrogens with zero attached hydrogens (tertiary/aromatic N) is 2. The Bertz CT molecular complexity index is 954. The molecular formula is C17H16BrN3O3S. The molecule has 0 amide bonds. The predicted octanol–water partition coefficient (Wildman–Crippen LogP) is 3.99. The molecule has 0 bridgehead atoms. The van der Waals surface area contributed by atoms with Crippen molar-refractivity contribution in [3.8, 4) is 5.13 Å². The van der Waals surface area contributed by atoms with E-state index in [4.69, 9.17) is 4.74 Å². The summed E-state index contributed by atoms with van der Waals surface area (Å²) in [6.45, 7) is 5.40. The maximum absolute atomic E-state index is 12.5. The van der Waals surface area contributed by atoms with Gasteiger partial charge in [0, 0.05) is 33.0 Å². The lowest BCUT2D eigenvalue weighted by Crippen LogP contribution is -2.15. The molecule has 130 valence electrons. The van der Waals surface area contributed by atoms with E-state index in [1.165, 1.54) is 11.3 Å². The Kier molecular flexibility index (Phi) is 4.91. The maximum Gasteiger partial charge on any atom is 0.355 e. The zero-order valence-corrected chi connectivity index (χ0v) is 16.3. The average Bonchev–Trinajstić information content (AvgIpc) is 3.25. The summed E-state index contributed by atoms with van der Waals surface area (Å²) in [6.07, 6.45) is 1.63. The van der Waals surface area contributed by atoms with Gasteiger partial charge in [0.15, 0.2) is 11.7 Å². The first kappa shape index (κ1) is 17.6. The number of aromatic amines is 1. The highest BCUT2D eigenvalue weighted by Crippen LogP contribution is 2.24. The van der Waals surface area contributed by atoms with Crippen LogP contribution in [0.1, 0.15) is 37.9 Å². The molecular weight excluding hydrogens is 406 g/mol. The zero-order valence-electron chi connectivity index (χ0n) is 13.9. The van der Waals surface area contributed by atoms with E-state index in [1.807, 2.05) is 30.7 Å². The Morgan fingerprint density at radius 3 is 2.68 bits per heavy atom. The Morgan fingerprint density at radius 2 is 2.08 bits per heavy atom. The van der Waals surface area contributed by atoms with Gasteiger partial charge in [0.25, 0.3) is 0 Å². The summed E-state index contributed by atoms with van der Waals surface area (Å²) in [5, 5.41) is 2.78. The highest BCUT2D eigenvalue weighted by molar-refractivity contribution is 9.10. The van der Waals surface area contributed by atoms with E-state index in [2.05, 4.69) is 25.9 Å². The predicted molar refractivity (Wildman–Crippen MR) is 98.8 cm³/mol. The van der Waals surface area contributed by atoms with Crippen molar-refractivity contribution in [2.45, 2.75) is 20.8 Å². The highest BCUT2D eigenvalue weighted by Gasteiger charge is 2.20. The van der Waals surface area contributed by atoms with Gasteiger partial charge in [-0.3, -0.25) is 9.36 Å². The number of Topliss-reactive ketones (excluding diaryl/α,β-unsaturated/α-hetero) is 1. The lowest BCUT2D eigenvalue weighted by atomic mass is 10.1. The molecule has 0 aromatic carbocycles. The third kappa shape index (κ3) is 3.59. The molecule has 8 heteroatoms. The van der Waals surface area contributed by atoms with Crippen LogP contribution in [0.2, 0.25) is 0 Å². The number of carbonyl (C=O) groups is 2. The summed E-state index contributed by atoms with van der Waals surface area (Å²) >= 11 is 4.77. The van der Waals surface area contributed by atoms with Crippen molar-refractivity contribution in [1.29, 1.82) is 0 Å². The second kappa shape index (κ2) is 6.97. The van der Waals surface area contributed by atoms with Gasteiger partial charge in [0.1, 0.15) is 5.69 Å². The van der Waals surface area contributed by atoms with Crippen molar-refractivity contribution in [3.63, 3.8) is 0 Å². The summed E-state index contributed by atoms with van der Waals surface area (Å²) in [5.74, 6) is -0.810. The summed E-state index contributed by atoms with van der Waals surface area (Å²) in [5.41, 5.74) is 3.46. The van der Waals surface area contributed by atoms with Crippen molar-refractivity contribution in [2.24, 2.45) is 0 Å². The van der Waals surface area contributed by atoms with Crippen molar-refractivity contribution >= 4 is 39.0 Å². The Hall–Kier alpha value is -2.19. The molecule has 0 aliphatic carbocycles. The summed E-state index contributed by atoms with van der Waals surface area (Å²) in [7, 11) is 0. The van der Waals surface area contributed by atoms with Crippen LogP contribution in [0.15, 0.2) is 28.2 Å². The van der Waals surface area contributed by atoms with Gasteiger partial charge in [-0.1, -0.05) is 0 Å². The standard InChI is InChI=1S/C17H16BrN3O3S/c1-9-8-25-17(20-9)21-10(2)4-13(11(21)3)15(22)7-24-16(23)14-5-12(18)6-19-14/h4-6,8,19H,7H2,1-3H3. The monoisotopic (exact) mass is 421 g/mol. The van der Waals surface area contributed by atoms with Crippen LogP contribution in [-0.4, -0.2) is 32.9 Å². The molecule has 0 aliphatic rings. The first-order chi connectivity index (χ1) is 11.9. The maximum atomic E-state index is 12.5. The number of aromatic nitrogens is 3. The van der Waals surface area contributed by atoms with Gasteiger partial charge in [-0.25, -0.2) is 9.78 Å². The molecule has 0 radical (unpaired) electrons. The Balaban J connectivity index is 1.76. The molecule has 6 nitrogen and oxygen atoms in total. The van der Waals surface area contributed by atoms with Crippen LogP contribution in [0.25, 0.3) is 5.13 Å². The van der Waals surface area contributed by atoms with Crippen molar-refractivity contribution < 1.29 is 14.3 Å². The summed E-state index contributed by atoms with van der Waals surface area (Å²) in [4.78, 5) is 31.7. The minimum atomic E-state index is -0.566. The van der Waals surface area contributed by atoms with Gasteiger partial charge in [-0.15, -0.1) is 11.3 Å². The van der Waals surface area contributed by atoms with E-state index in [0.717, 1.165) is 26.7 Å². The van der Waals surface area contributed by atoms with Gasteiger partial charge in [0.2, 0.25) is 5.78 Å². The quantitative estimate of drug-likeness (QED) is 0.498. The van der Waals surface area contributed by atoms with Crippen molar-refractivity contribution in [2.75, 3.05) is 6.61 Å². The van der Waals surface area contributed by atoms with Crippen LogP contribution in [0.4, 0.5) is 0 Å². The van der Waals surface area contributed by atoms with E-state index < -0.39 is 5.97 Å². The Morgan fingerprint density at radius 1 is 1.32 bits per heavy atom. The third-order valence-electron chi connectivity index (χ3n) is 3.73. The van der Waals surface area contributed by atoms with Crippen molar-refractivity contribution in [3.05, 3.63) is 56.5 Å². The van der Waals surface area contributed by atoms with Crippen LogP contribution < -0.4 is 0 Å². The van der Waals surface area contributed by atoms with Gasteiger partial charge in [-0.05, 0) is 48.8 Å². The largest absolute Gasteiger partial charge is 0.453 e. The second-order valence-corrected chi connectivity index (χ2v) is 7.37. The Labute approximate surface area is 157 Å². The number of ketones is 1. The number of ether oxygens (including phenoxy) is 1. The minimum Gasteiger partial charge on any atom is -0.453 e. The lowest BCUT2D eigenvalue weighted by molar-refractivity contribution is 0.0469. The topological polar surface area (TPSA) is 77.0 Å². The smallest absolute Gasteiger partial charge is 0.355 e. The molecule has 1 N–H and O–H groups in total. The number of aryl methyl sites for hydroxylation is 2. The zero-order chi connectivity index (χ0) is 18.1. The molecule has 0 fully saturated rings. The molecule has 0 unspecified atom stereocenters. The van der Waals surface area contributed by atoms with Gasteiger partial charge in [-0.2, -0.15) is 0 Å². The molecule has 0 aliphatic heterocycles. The lowest BCUT2D eigenvalue weighted by Gasteiger charge is -2.06. The molecule has 25 heavy (non-hydrogen) atoms. The fraction of sp³-hybridized carbons (Fsp3) is 0.235. The van der Waals surface area contributed by atoms with Crippen LogP contribution >= 0.6 is 27.3 Å². The number of hydrogen-bond donors (Lipinski definition) is 1. The van der Waals surface area contributed by atoms with E-state index >= 15 is 0 Å². The highest BCUT2D eigenvalue weighted by atomic mass is 79.9. The number of nitrogens with one attached hydrogen (secondary N) is 1. The number of rotatable bonds is 5. The van der Waals surface area contributed by atoms with Gasteiger partial charge in [0.05, 0.1) is 5.69 Å². The van der Waals surface area contributed by atoms with E-state index in [1.54, 1.807) is 18.3 Å². The molecule has 3 aromatic heterocycles. The normalized spacial score (nSPS) is 10.9. The molecule has 0 spiro atoms. The van der Waals surface area contributed by atoms with Crippen LogP contribution in [0, 0.1) is 20.8 Å². The number of hydrogen-bond acceptors (Lipinski definition) is 5. The SMILES string of the molecule is Cc1csc(-n2c(C)cc(C(=O)COC(=O)c3cc(Br)c[nH]3)c2C)n1. The molecule has 0 atom stereocenters. The third-order valence-corrected chi connectivity index (χ3v) is 5.13. The van der Waals surface area contributed by atoms with Crippen LogP contribution in [0.5, 0.6) is 0 Å². The number of carbonyl (C=O) groups excluding carboxylic acids is 2. The van der Waals surface area contributed by atoms with Crippen molar-refractivity contribution in [1.82, 2.24) is 14.5 Å².